The van der Waals surface area contributed by atoms with Gasteiger partial charge in [-0.15, -0.1) is 0 Å². The van der Waals surface area contributed by atoms with Crippen LogP contribution in [0.25, 0.3) is 33.4 Å². The molecule has 0 aliphatic carbocycles. The van der Waals surface area contributed by atoms with Crippen molar-refractivity contribution in [3.63, 3.8) is 0 Å². The van der Waals surface area contributed by atoms with E-state index in [0.29, 0.717) is 23.0 Å². The number of hydrogen-bond acceptors (Lipinski definition) is 5. The molecule has 1 aromatic carbocycles. The van der Waals surface area contributed by atoms with Crippen molar-refractivity contribution in [2.75, 3.05) is 6.61 Å². The number of pyridine rings is 2. The maximum atomic E-state index is 12.7. The molecule has 1 atom stereocenters. The molecule has 0 bridgehead atoms. The summed E-state index contributed by atoms with van der Waals surface area (Å²) in [7, 11) is 1.95. The Morgan fingerprint density at radius 2 is 1.97 bits per heavy atom. The van der Waals surface area contributed by atoms with Crippen molar-refractivity contribution in [2.45, 2.75) is 59.2 Å². The smallest absolute Gasteiger partial charge is 0.337 e. The number of nitrogens with zero attached hydrogens (tertiary/aromatic N) is 3. The van der Waals surface area contributed by atoms with Crippen LogP contribution in [0.3, 0.4) is 0 Å². The summed E-state index contributed by atoms with van der Waals surface area (Å²) in [6.07, 6.45) is 2.32. The zero-order chi connectivity index (χ0) is 27.4. The van der Waals surface area contributed by atoms with Crippen LogP contribution in [0, 0.1) is 13.8 Å². The Kier molecular flexibility index (Phi) is 6.70. The molecule has 1 aliphatic rings. The van der Waals surface area contributed by atoms with Gasteiger partial charge < -0.3 is 19.1 Å². The predicted octanol–water partition coefficient (Wildman–Crippen LogP) is 6.84. The van der Waals surface area contributed by atoms with Gasteiger partial charge in [-0.25, -0.2) is 14.8 Å². The number of aliphatic carboxylic acids is 1. The highest BCUT2D eigenvalue weighted by Crippen LogP contribution is 2.44. The summed E-state index contributed by atoms with van der Waals surface area (Å²) in [5, 5.41) is 11.6. The number of carboxylic acids is 1. The summed E-state index contributed by atoms with van der Waals surface area (Å²) in [6.45, 7) is 10.2. The van der Waals surface area contributed by atoms with Crippen LogP contribution >= 0.6 is 11.6 Å². The maximum absolute atomic E-state index is 12.7. The van der Waals surface area contributed by atoms with Gasteiger partial charge in [-0.05, 0) is 88.4 Å². The topological polar surface area (TPSA) is 86.5 Å². The lowest BCUT2D eigenvalue weighted by Crippen LogP contribution is -2.28. The quantitative estimate of drug-likeness (QED) is 0.283. The van der Waals surface area contributed by atoms with Gasteiger partial charge in [-0.2, -0.15) is 0 Å². The van der Waals surface area contributed by atoms with Gasteiger partial charge in [-0.3, -0.25) is 0 Å². The molecule has 7 nitrogen and oxygen atoms in total. The van der Waals surface area contributed by atoms with E-state index in [2.05, 4.69) is 18.0 Å². The fourth-order valence-electron chi connectivity index (χ4n) is 5.37. The second kappa shape index (κ2) is 9.71. The highest BCUT2D eigenvalue weighted by molar-refractivity contribution is 6.29. The minimum atomic E-state index is -1.20. The first-order valence-corrected chi connectivity index (χ1v) is 13.1. The Balaban J connectivity index is 1.88. The summed E-state index contributed by atoms with van der Waals surface area (Å²) < 4.78 is 14.1. The number of rotatable bonds is 5. The molecule has 1 unspecified atom stereocenters. The molecule has 0 amide bonds. The molecule has 0 fully saturated rings. The maximum Gasteiger partial charge on any atom is 0.337 e. The number of aryl methyl sites for hydroxylation is 2. The molecule has 0 spiro atoms. The number of halogens is 1. The number of carboxylic acid groups (broad SMARTS) is 1. The number of benzene rings is 1. The first kappa shape index (κ1) is 26.2. The van der Waals surface area contributed by atoms with Gasteiger partial charge in [0.25, 0.3) is 0 Å². The average molecular weight is 534 g/mol. The number of aromatic nitrogens is 3. The summed E-state index contributed by atoms with van der Waals surface area (Å²) in [5.41, 5.74) is 7.03. The Morgan fingerprint density at radius 1 is 1.21 bits per heavy atom. The molecule has 3 aromatic heterocycles. The van der Waals surface area contributed by atoms with Gasteiger partial charge in [-0.1, -0.05) is 17.7 Å². The van der Waals surface area contributed by atoms with Gasteiger partial charge in [0, 0.05) is 41.0 Å². The van der Waals surface area contributed by atoms with Gasteiger partial charge >= 0.3 is 5.97 Å². The van der Waals surface area contributed by atoms with Crippen LogP contribution in [-0.4, -0.2) is 37.8 Å². The zero-order valence-corrected chi connectivity index (χ0v) is 23.3. The van der Waals surface area contributed by atoms with E-state index >= 15 is 0 Å². The number of carbonyl (C=O) groups is 1. The Morgan fingerprint density at radius 3 is 2.66 bits per heavy atom. The van der Waals surface area contributed by atoms with Gasteiger partial charge in [0.1, 0.15) is 16.5 Å². The molecule has 4 aromatic rings. The largest absolute Gasteiger partial charge is 0.493 e. The predicted molar refractivity (Wildman–Crippen MR) is 149 cm³/mol. The summed E-state index contributed by atoms with van der Waals surface area (Å²) in [5.74, 6) is -0.164. The average Bonchev–Trinajstić information content (AvgIpc) is 3.18. The molecule has 1 N–H and O–H groups in total. The Hall–Kier alpha value is -3.42. The lowest BCUT2D eigenvalue weighted by Gasteiger charge is -2.29. The van der Waals surface area contributed by atoms with Crippen LogP contribution in [0.1, 0.15) is 55.7 Å². The molecule has 1 aliphatic heterocycles. The molecule has 4 heterocycles. The van der Waals surface area contributed by atoms with E-state index in [0.717, 1.165) is 63.1 Å². The van der Waals surface area contributed by atoms with Crippen LogP contribution in [-0.2, 0) is 23.0 Å². The lowest BCUT2D eigenvalue weighted by molar-refractivity contribution is -0.160. The van der Waals surface area contributed by atoms with Crippen molar-refractivity contribution in [3.05, 3.63) is 64.1 Å². The van der Waals surface area contributed by atoms with E-state index in [-0.39, 0.29) is 0 Å². The Bertz CT molecular complexity index is 1570. The standard InChI is InChI=1S/C30H32ClN3O4/c1-16-19-8-7-13-37-23(19)10-9-20(16)26-21-15-22(18-11-12-32-24(31)14-18)34(6)28(21)33-17(2)25(26)27(29(35)36)38-30(3,4)5/h9-12,14-15,27H,7-8,13H2,1-6H3,(H,35,36). The van der Waals surface area contributed by atoms with E-state index in [1.165, 1.54) is 0 Å². The van der Waals surface area contributed by atoms with Gasteiger partial charge in [0.05, 0.1) is 17.9 Å². The number of hydrogen-bond donors (Lipinski definition) is 1. The Labute approximate surface area is 227 Å². The van der Waals surface area contributed by atoms with Crippen LogP contribution in [0.2, 0.25) is 5.15 Å². The molecule has 198 valence electrons. The molecule has 38 heavy (non-hydrogen) atoms. The second-order valence-corrected chi connectivity index (χ2v) is 11.2. The van der Waals surface area contributed by atoms with Gasteiger partial charge in [0.2, 0.25) is 0 Å². The highest BCUT2D eigenvalue weighted by atomic mass is 35.5. The van der Waals surface area contributed by atoms with E-state index in [1.807, 2.05) is 63.6 Å². The second-order valence-electron chi connectivity index (χ2n) is 10.8. The van der Waals surface area contributed by atoms with Crippen LogP contribution in [0.4, 0.5) is 0 Å². The van der Waals surface area contributed by atoms with E-state index in [1.54, 1.807) is 6.20 Å². The minimum Gasteiger partial charge on any atom is -0.493 e. The van der Waals surface area contributed by atoms with Crippen LogP contribution in [0.5, 0.6) is 5.75 Å². The van der Waals surface area contributed by atoms with Crippen molar-refractivity contribution in [1.82, 2.24) is 14.5 Å². The molecular weight excluding hydrogens is 502 g/mol. The van der Waals surface area contributed by atoms with Crippen molar-refractivity contribution >= 4 is 28.6 Å². The van der Waals surface area contributed by atoms with Crippen molar-refractivity contribution < 1.29 is 19.4 Å². The van der Waals surface area contributed by atoms with Crippen molar-refractivity contribution in [3.8, 4) is 28.1 Å². The number of fused-ring (bicyclic) bond motifs is 2. The van der Waals surface area contributed by atoms with Crippen LogP contribution < -0.4 is 4.74 Å². The third kappa shape index (κ3) is 4.65. The first-order chi connectivity index (χ1) is 18.0. The fraction of sp³-hybridized carbons (Fsp3) is 0.367. The van der Waals surface area contributed by atoms with E-state index < -0.39 is 17.7 Å². The molecule has 5 rings (SSSR count). The van der Waals surface area contributed by atoms with E-state index in [9.17, 15) is 9.90 Å². The van der Waals surface area contributed by atoms with E-state index in [4.69, 9.17) is 26.1 Å². The van der Waals surface area contributed by atoms with Crippen molar-refractivity contribution in [2.24, 2.45) is 7.05 Å². The molecule has 0 saturated carbocycles. The van der Waals surface area contributed by atoms with Crippen LogP contribution in [0.15, 0.2) is 36.5 Å². The molecular formula is C30H32ClN3O4. The molecule has 0 saturated heterocycles. The minimum absolute atomic E-state index is 0.396. The monoisotopic (exact) mass is 533 g/mol. The van der Waals surface area contributed by atoms with Crippen molar-refractivity contribution in [1.29, 1.82) is 0 Å². The summed E-state index contributed by atoms with van der Waals surface area (Å²) in [4.78, 5) is 21.7. The summed E-state index contributed by atoms with van der Waals surface area (Å²) in [6, 6.07) is 9.79. The normalized spacial score (nSPS) is 14.3. The molecule has 0 radical (unpaired) electrons. The third-order valence-electron chi connectivity index (χ3n) is 7.04. The number of ether oxygens (including phenoxy) is 2. The summed E-state index contributed by atoms with van der Waals surface area (Å²) >= 11 is 6.22. The SMILES string of the molecule is Cc1nc2c(cc(-c3ccnc(Cl)c3)n2C)c(-c2ccc3c(c2C)CCCO3)c1C(OC(C)(C)C)C(=O)O. The highest BCUT2D eigenvalue weighted by Gasteiger charge is 2.34. The third-order valence-corrected chi connectivity index (χ3v) is 7.24. The van der Waals surface area contributed by atoms with Gasteiger partial charge in [0.15, 0.2) is 6.10 Å². The zero-order valence-electron chi connectivity index (χ0n) is 22.6. The molecule has 8 heteroatoms. The lowest BCUT2D eigenvalue weighted by atomic mass is 9.87. The fourth-order valence-corrected chi connectivity index (χ4v) is 5.55. The first-order valence-electron chi connectivity index (χ1n) is 12.7.